The first-order valence-corrected chi connectivity index (χ1v) is 9.31. The number of nitrogens with zero attached hydrogens (tertiary/aromatic N) is 2. The zero-order chi connectivity index (χ0) is 19.4. The first-order valence-electron chi connectivity index (χ1n) is 7.63. The summed E-state index contributed by atoms with van der Waals surface area (Å²) in [5, 5.41) is 33.3. The highest BCUT2D eigenvalue weighted by Crippen LogP contribution is 2.35. The molecule has 134 valence electrons. The van der Waals surface area contributed by atoms with Gasteiger partial charge in [0.05, 0.1) is 10.2 Å². The van der Waals surface area contributed by atoms with Crippen molar-refractivity contribution in [2.45, 2.75) is 0 Å². The Balaban J connectivity index is 1.80. The third-order valence-corrected chi connectivity index (χ3v) is 4.90. The molecule has 1 heterocycles. The van der Waals surface area contributed by atoms with E-state index in [1.54, 1.807) is 0 Å². The largest absolute Gasteiger partial charge is 0.504 e. The molecule has 0 bridgehead atoms. The van der Waals surface area contributed by atoms with Gasteiger partial charge in [-0.15, -0.1) is 11.3 Å². The van der Waals surface area contributed by atoms with E-state index in [-0.39, 0.29) is 21.5 Å². The maximum atomic E-state index is 12.4. The summed E-state index contributed by atoms with van der Waals surface area (Å²) < 4.78 is 0.249. The molecule has 2 aromatic carbocycles. The Hall–Kier alpha value is -3.15. The lowest BCUT2D eigenvalue weighted by molar-refractivity contribution is -0.112. The van der Waals surface area contributed by atoms with Gasteiger partial charge in [-0.2, -0.15) is 5.26 Å². The van der Waals surface area contributed by atoms with E-state index in [1.165, 1.54) is 29.5 Å². The highest BCUT2D eigenvalue weighted by atomic mass is 79.9. The maximum Gasteiger partial charge on any atom is 0.268 e. The molecule has 0 saturated carbocycles. The number of benzene rings is 2. The van der Waals surface area contributed by atoms with Crippen LogP contribution in [0.1, 0.15) is 5.56 Å². The van der Waals surface area contributed by atoms with E-state index in [1.807, 2.05) is 41.8 Å². The number of nitriles is 1. The quantitative estimate of drug-likeness (QED) is 0.313. The molecule has 1 amide bonds. The summed E-state index contributed by atoms with van der Waals surface area (Å²) >= 11 is 4.35. The average Bonchev–Trinajstić information content (AvgIpc) is 3.13. The summed E-state index contributed by atoms with van der Waals surface area (Å²) in [6, 6.07) is 14.1. The molecule has 0 fully saturated rings. The van der Waals surface area contributed by atoms with E-state index in [4.69, 9.17) is 0 Å². The summed E-state index contributed by atoms with van der Waals surface area (Å²) in [7, 11) is 0. The van der Waals surface area contributed by atoms with E-state index in [9.17, 15) is 20.3 Å². The fraction of sp³-hybridized carbons (Fsp3) is 0. The lowest BCUT2D eigenvalue weighted by Crippen LogP contribution is -2.13. The Kier molecular flexibility index (Phi) is 5.54. The van der Waals surface area contributed by atoms with Gasteiger partial charge in [0, 0.05) is 10.9 Å². The Labute approximate surface area is 167 Å². The number of carbonyl (C=O) groups excluding carboxylic acids is 1. The van der Waals surface area contributed by atoms with Crippen LogP contribution in [0.5, 0.6) is 11.5 Å². The van der Waals surface area contributed by atoms with Crippen LogP contribution in [0.25, 0.3) is 17.3 Å². The molecule has 0 unspecified atom stereocenters. The number of nitrogens with one attached hydrogen (secondary N) is 1. The number of aromatic hydroxyl groups is 2. The van der Waals surface area contributed by atoms with E-state index in [0.717, 1.165) is 11.3 Å². The molecule has 3 aromatic rings. The van der Waals surface area contributed by atoms with Gasteiger partial charge >= 0.3 is 0 Å². The van der Waals surface area contributed by atoms with Gasteiger partial charge < -0.3 is 10.2 Å². The average molecular weight is 442 g/mol. The Morgan fingerprint density at radius 3 is 2.67 bits per heavy atom. The second-order valence-electron chi connectivity index (χ2n) is 5.40. The molecule has 3 rings (SSSR count). The molecular formula is C19H12BrN3O3S. The molecule has 27 heavy (non-hydrogen) atoms. The van der Waals surface area contributed by atoms with Crippen LogP contribution in [0.2, 0.25) is 0 Å². The van der Waals surface area contributed by atoms with Crippen molar-refractivity contribution in [1.29, 1.82) is 5.26 Å². The number of halogens is 1. The molecule has 8 heteroatoms. The Morgan fingerprint density at radius 1 is 1.26 bits per heavy atom. The molecule has 0 radical (unpaired) electrons. The van der Waals surface area contributed by atoms with Crippen molar-refractivity contribution in [1.82, 2.24) is 4.98 Å². The van der Waals surface area contributed by atoms with E-state index in [2.05, 4.69) is 26.2 Å². The van der Waals surface area contributed by atoms with Crippen molar-refractivity contribution in [2.75, 3.05) is 5.32 Å². The highest BCUT2D eigenvalue weighted by molar-refractivity contribution is 9.10. The van der Waals surface area contributed by atoms with Gasteiger partial charge in [-0.1, -0.05) is 30.3 Å². The Morgan fingerprint density at radius 2 is 2.00 bits per heavy atom. The molecule has 3 N–H and O–H groups in total. The van der Waals surface area contributed by atoms with Gasteiger partial charge in [0.2, 0.25) is 0 Å². The topological polar surface area (TPSA) is 106 Å². The predicted octanol–water partition coefficient (Wildman–Crippen LogP) is 4.53. The lowest BCUT2D eigenvalue weighted by atomic mass is 10.1. The van der Waals surface area contributed by atoms with Crippen LogP contribution in [-0.2, 0) is 4.79 Å². The normalized spacial score (nSPS) is 11.0. The van der Waals surface area contributed by atoms with Crippen molar-refractivity contribution >= 4 is 44.4 Å². The van der Waals surface area contributed by atoms with Gasteiger partial charge in [0.1, 0.15) is 11.6 Å². The number of hydrogen-bond acceptors (Lipinski definition) is 6. The number of phenols is 2. The second-order valence-corrected chi connectivity index (χ2v) is 7.11. The molecule has 0 saturated heterocycles. The third kappa shape index (κ3) is 4.34. The van der Waals surface area contributed by atoms with Gasteiger partial charge in [-0.3, -0.25) is 10.1 Å². The van der Waals surface area contributed by atoms with E-state index >= 15 is 0 Å². The highest BCUT2D eigenvalue weighted by Gasteiger charge is 2.14. The van der Waals surface area contributed by atoms with Gasteiger partial charge in [-0.05, 0) is 39.7 Å². The monoisotopic (exact) mass is 441 g/mol. The zero-order valence-corrected chi connectivity index (χ0v) is 16.1. The number of amides is 1. The number of phenolic OH excluding ortho intramolecular Hbond substituents is 2. The summed E-state index contributed by atoms with van der Waals surface area (Å²) in [4.78, 5) is 16.7. The van der Waals surface area contributed by atoms with Crippen molar-refractivity contribution in [2.24, 2.45) is 0 Å². The molecule has 0 spiro atoms. The van der Waals surface area contributed by atoms with Crippen LogP contribution in [0, 0.1) is 11.3 Å². The van der Waals surface area contributed by atoms with E-state index < -0.39 is 5.91 Å². The van der Waals surface area contributed by atoms with Crippen LogP contribution < -0.4 is 5.32 Å². The molecule has 1 aromatic heterocycles. The fourth-order valence-electron chi connectivity index (χ4n) is 2.24. The third-order valence-electron chi connectivity index (χ3n) is 3.54. The summed E-state index contributed by atoms with van der Waals surface area (Å²) in [6.07, 6.45) is 1.31. The summed E-state index contributed by atoms with van der Waals surface area (Å²) in [5.41, 5.74) is 1.87. The van der Waals surface area contributed by atoms with Gasteiger partial charge in [0.15, 0.2) is 16.6 Å². The number of hydrogen-bond donors (Lipinski definition) is 3. The van der Waals surface area contributed by atoms with Crippen LogP contribution >= 0.6 is 27.3 Å². The minimum atomic E-state index is -0.616. The predicted molar refractivity (Wildman–Crippen MR) is 107 cm³/mol. The molecular weight excluding hydrogens is 430 g/mol. The minimum absolute atomic E-state index is 0.163. The van der Waals surface area contributed by atoms with Gasteiger partial charge in [-0.25, -0.2) is 4.98 Å². The minimum Gasteiger partial charge on any atom is -0.504 e. The molecule has 0 aliphatic rings. The van der Waals surface area contributed by atoms with Crippen molar-refractivity contribution in [3.63, 3.8) is 0 Å². The SMILES string of the molecule is N#C/C(=C\c1cc(O)c(O)c(Br)c1)C(=O)Nc1nc(-c2ccccc2)cs1. The van der Waals surface area contributed by atoms with Crippen LogP contribution in [0.15, 0.2) is 57.9 Å². The van der Waals surface area contributed by atoms with Crippen LogP contribution in [0.4, 0.5) is 5.13 Å². The smallest absolute Gasteiger partial charge is 0.268 e. The fourth-order valence-corrected chi connectivity index (χ4v) is 3.42. The first-order chi connectivity index (χ1) is 13.0. The lowest BCUT2D eigenvalue weighted by Gasteiger charge is -2.04. The second kappa shape index (κ2) is 8.03. The van der Waals surface area contributed by atoms with Crippen molar-refractivity contribution < 1.29 is 15.0 Å². The van der Waals surface area contributed by atoms with Crippen LogP contribution in [0.3, 0.4) is 0 Å². The number of anilines is 1. The maximum absolute atomic E-state index is 12.4. The molecule has 0 aliphatic heterocycles. The Bertz CT molecular complexity index is 1050. The van der Waals surface area contributed by atoms with E-state index in [0.29, 0.717) is 10.7 Å². The number of carbonyl (C=O) groups is 1. The molecule has 0 atom stereocenters. The van der Waals surface area contributed by atoms with Gasteiger partial charge in [0.25, 0.3) is 5.91 Å². The summed E-state index contributed by atoms with van der Waals surface area (Å²) in [5.74, 6) is -1.29. The first kappa shape index (κ1) is 18.6. The van der Waals surface area contributed by atoms with Crippen molar-refractivity contribution in [3.05, 3.63) is 63.5 Å². The summed E-state index contributed by atoms with van der Waals surface area (Å²) in [6.45, 7) is 0. The zero-order valence-electron chi connectivity index (χ0n) is 13.7. The van der Waals surface area contributed by atoms with Crippen LogP contribution in [-0.4, -0.2) is 21.1 Å². The number of aromatic nitrogens is 1. The van der Waals surface area contributed by atoms with Crippen molar-refractivity contribution in [3.8, 4) is 28.8 Å². The number of thiazole rings is 1. The molecule has 6 nitrogen and oxygen atoms in total. The standard InChI is InChI=1S/C19H12BrN3O3S/c20-14-7-11(8-16(24)17(14)25)6-13(9-21)18(26)23-19-22-15(10-27-19)12-4-2-1-3-5-12/h1-8,10,24-25H,(H,22,23,26)/b13-6+. The number of rotatable bonds is 4. The molecule has 0 aliphatic carbocycles.